The van der Waals surface area contributed by atoms with Gasteiger partial charge in [-0.1, -0.05) is 6.92 Å². The molecule has 94 valence electrons. The second kappa shape index (κ2) is 5.03. The van der Waals surface area contributed by atoms with E-state index in [2.05, 4.69) is 22.0 Å². The number of carbonyl (C=O) groups excluding carboxylic acids is 1. The summed E-state index contributed by atoms with van der Waals surface area (Å²) in [6, 6.07) is 1.55. The molecule has 0 saturated heterocycles. The van der Waals surface area contributed by atoms with Crippen molar-refractivity contribution in [2.75, 3.05) is 18.2 Å². The molecule has 1 aromatic rings. The summed E-state index contributed by atoms with van der Waals surface area (Å²) in [4.78, 5) is 15.6. The van der Waals surface area contributed by atoms with Crippen molar-refractivity contribution in [1.29, 1.82) is 0 Å². The van der Waals surface area contributed by atoms with Crippen LogP contribution in [0.5, 0.6) is 0 Å². The summed E-state index contributed by atoms with van der Waals surface area (Å²) in [5, 5.41) is 3.21. The van der Waals surface area contributed by atoms with E-state index in [1.165, 1.54) is 13.3 Å². The number of hydrogen-bond acceptors (Lipinski definition) is 5. The van der Waals surface area contributed by atoms with E-state index in [-0.39, 0.29) is 5.54 Å². The predicted octanol–water partition coefficient (Wildman–Crippen LogP) is 2.05. The molecule has 0 spiro atoms. The highest BCUT2D eigenvalue weighted by Gasteiger charge is 2.19. The molecule has 0 aliphatic rings. The van der Waals surface area contributed by atoms with Gasteiger partial charge < -0.3 is 15.8 Å². The van der Waals surface area contributed by atoms with Gasteiger partial charge in [0.2, 0.25) is 0 Å². The van der Waals surface area contributed by atoms with E-state index in [1.807, 2.05) is 13.8 Å². The number of methoxy groups -OCH3 is 1. The summed E-state index contributed by atoms with van der Waals surface area (Å²) in [5.41, 5.74) is 6.42. The molecule has 0 bridgehead atoms. The predicted molar refractivity (Wildman–Crippen MR) is 68.0 cm³/mol. The van der Waals surface area contributed by atoms with E-state index >= 15 is 0 Å². The molecule has 0 atom stereocenters. The Morgan fingerprint density at radius 3 is 2.76 bits per heavy atom. The van der Waals surface area contributed by atoms with Crippen molar-refractivity contribution in [2.45, 2.75) is 32.7 Å². The zero-order valence-corrected chi connectivity index (χ0v) is 10.7. The normalized spacial score (nSPS) is 11.1. The topological polar surface area (TPSA) is 77.2 Å². The number of nitrogens with two attached hydrogens (primary N) is 1. The maximum Gasteiger partial charge on any atom is 0.340 e. The summed E-state index contributed by atoms with van der Waals surface area (Å²) in [6.07, 6.45) is 2.45. The van der Waals surface area contributed by atoms with Crippen molar-refractivity contribution < 1.29 is 9.53 Å². The number of nitrogens with one attached hydrogen (secondary N) is 1. The quantitative estimate of drug-likeness (QED) is 0.784. The lowest BCUT2D eigenvalue weighted by molar-refractivity contribution is 0.0602. The number of pyridine rings is 1. The number of nitrogens with zero attached hydrogens (tertiary/aromatic N) is 1. The summed E-state index contributed by atoms with van der Waals surface area (Å²) < 4.78 is 4.65. The molecule has 0 aliphatic carbocycles. The zero-order chi connectivity index (χ0) is 13.1. The molecule has 5 heteroatoms. The minimum Gasteiger partial charge on any atom is -0.465 e. The number of esters is 1. The van der Waals surface area contributed by atoms with E-state index in [9.17, 15) is 4.79 Å². The van der Waals surface area contributed by atoms with Crippen LogP contribution in [-0.4, -0.2) is 23.6 Å². The third-order valence-electron chi connectivity index (χ3n) is 2.74. The average Bonchev–Trinajstić information content (AvgIpc) is 2.31. The number of aromatic nitrogens is 1. The minimum absolute atomic E-state index is 0.129. The zero-order valence-electron chi connectivity index (χ0n) is 10.7. The fraction of sp³-hybridized carbons (Fsp3) is 0.500. The molecule has 1 heterocycles. The number of carbonyl (C=O) groups is 1. The number of rotatable bonds is 4. The second-order valence-electron chi connectivity index (χ2n) is 4.47. The highest BCUT2D eigenvalue weighted by atomic mass is 16.5. The smallest absolute Gasteiger partial charge is 0.340 e. The largest absolute Gasteiger partial charge is 0.465 e. The SMILES string of the molecule is CCC(C)(C)Nc1nccc(C(=O)OC)c1N. The summed E-state index contributed by atoms with van der Waals surface area (Å²) in [6.45, 7) is 6.14. The molecule has 5 nitrogen and oxygen atoms in total. The minimum atomic E-state index is -0.456. The maximum atomic E-state index is 11.5. The van der Waals surface area contributed by atoms with Gasteiger partial charge in [0.15, 0.2) is 0 Å². The van der Waals surface area contributed by atoms with Crippen LogP contribution in [0.4, 0.5) is 11.5 Å². The van der Waals surface area contributed by atoms with Crippen molar-refractivity contribution in [3.05, 3.63) is 17.8 Å². The lowest BCUT2D eigenvalue weighted by Crippen LogP contribution is -2.30. The van der Waals surface area contributed by atoms with Crippen LogP contribution < -0.4 is 11.1 Å². The lowest BCUT2D eigenvalue weighted by Gasteiger charge is -2.26. The Bertz CT molecular complexity index is 416. The van der Waals surface area contributed by atoms with Crippen LogP contribution in [0.25, 0.3) is 0 Å². The van der Waals surface area contributed by atoms with Crippen molar-refractivity contribution in [3.63, 3.8) is 0 Å². The van der Waals surface area contributed by atoms with Gasteiger partial charge in [0, 0.05) is 11.7 Å². The van der Waals surface area contributed by atoms with Gasteiger partial charge in [-0.3, -0.25) is 0 Å². The Morgan fingerprint density at radius 2 is 2.24 bits per heavy atom. The summed E-state index contributed by atoms with van der Waals surface area (Å²) in [7, 11) is 1.32. The maximum absolute atomic E-state index is 11.5. The van der Waals surface area contributed by atoms with Crippen molar-refractivity contribution in [1.82, 2.24) is 4.98 Å². The number of ether oxygens (including phenoxy) is 1. The van der Waals surface area contributed by atoms with Crippen LogP contribution in [0.1, 0.15) is 37.6 Å². The van der Waals surface area contributed by atoms with Crippen LogP contribution in [0.3, 0.4) is 0 Å². The van der Waals surface area contributed by atoms with E-state index in [4.69, 9.17) is 5.73 Å². The van der Waals surface area contributed by atoms with E-state index in [0.29, 0.717) is 17.1 Å². The summed E-state index contributed by atoms with van der Waals surface area (Å²) >= 11 is 0. The van der Waals surface area contributed by atoms with Gasteiger partial charge in [0.05, 0.1) is 18.4 Å². The molecular weight excluding hydrogens is 218 g/mol. The first-order valence-corrected chi connectivity index (χ1v) is 5.52. The second-order valence-corrected chi connectivity index (χ2v) is 4.47. The number of hydrogen-bond donors (Lipinski definition) is 2. The van der Waals surface area contributed by atoms with Crippen molar-refractivity contribution >= 4 is 17.5 Å². The molecule has 3 N–H and O–H groups in total. The molecular formula is C12H19N3O2. The highest BCUT2D eigenvalue weighted by molar-refractivity contribution is 5.97. The molecule has 0 saturated carbocycles. The molecule has 17 heavy (non-hydrogen) atoms. The molecule has 1 aromatic heterocycles. The molecule has 1 rings (SSSR count). The Kier molecular flexibility index (Phi) is 3.93. The van der Waals surface area contributed by atoms with Crippen LogP contribution in [0.2, 0.25) is 0 Å². The molecule has 0 fully saturated rings. The highest BCUT2D eigenvalue weighted by Crippen LogP contribution is 2.24. The first-order chi connectivity index (χ1) is 7.91. The third kappa shape index (κ3) is 3.09. The van der Waals surface area contributed by atoms with E-state index < -0.39 is 5.97 Å². The van der Waals surface area contributed by atoms with Gasteiger partial charge in [-0.05, 0) is 26.3 Å². The average molecular weight is 237 g/mol. The Labute approximate surface area is 101 Å². The van der Waals surface area contributed by atoms with Crippen molar-refractivity contribution in [2.24, 2.45) is 0 Å². The van der Waals surface area contributed by atoms with E-state index in [0.717, 1.165) is 6.42 Å². The fourth-order valence-corrected chi connectivity index (χ4v) is 1.27. The van der Waals surface area contributed by atoms with Crippen LogP contribution >= 0.6 is 0 Å². The fourth-order valence-electron chi connectivity index (χ4n) is 1.27. The van der Waals surface area contributed by atoms with E-state index in [1.54, 1.807) is 6.07 Å². The molecule has 0 amide bonds. The Hall–Kier alpha value is -1.78. The standard InChI is InChI=1S/C12H19N3O2/c1-5-12(2,3)15-10-9(13)8(6-7-14-10)11(16)17-4/h6-7H,5,13H2,1-4H3,(H,14,15). The Morgan fingerprint density at radius 1 is 1.59 bits per heavy atom. The number of nitrogen functional groups attached to an aromatic ring is 1. The molecule has 0 unspecified atom stereocenters. The third-order valence-corrected chi connectivity index (χ3v) is 2.74. The van der Waals surface area contributed by atoms with Gasteiger partial charge in [-0.15, -0.1) is 0 Å². The molecule has 0 aliphatic heterocycles. The van der Waals surface area contributed by atoms with Crippen LogP contribution in [0.15, 0.2) is 12.3 Å². The lowest BCUT2D eigenvalue weighted by atomic mass is 10.0. The van der Waals surface area contributed by atoms with Gasteiger partial charge in [-0.25, -0.2) is 9.78 Å². The first-order valence-electron chi connectivity index (χ1n) is 5.52. The summed E-state index contributed by atoms with van der Waals surface area (Å²) in [5.74, 6) is 0.0574. The first kappa shape index (κ1) is 13.3. The van der Waals surface area contributed by atoms with Gasteiger partial charge >= 0.3 is 5.97 Å². The monoisotopic (exact) mass is 237 g/mol. The van der Waals surface area contributed by atoms with Gasteiger partial charge in [0.25, 0.3) is 0 Å². The number of anilines is 2. The molecule has 0 aromatic carbocycles. The van der Waals surface area contributed by atoms with Crippen molar-refractivity contribution in [3.8, 4) is 0 Å². The molecule has 0 radical (unpaired) electrons. The van der Waals surface area contributed by atoms with Gasteiger partial charge in [0.1, 0.15) is 5.82 Å². The Balaban J connectivity index is 3.07. The van der Waals surface area contributed by atoms with Crippen LogP contribution in [0, 0.1) is 0 Å². The van der Waals surface area contributed by atoms with Crippen LogP contribution in [-0.2, 0) is 4.74 Å². The van der Waals surface area contributed by atoms with Gasteiger partial charge in [-0.2, -0.15) is 0 Å².